The van der Waals surface area contributed by atoms with Gasteiger partial charge in [-0.15, -0.1) is 0 Å². The zero-order valence-corrected chi connectivity index (χ0v) is 14.8. The van der Waals surface area contributed by atoms with Crippen LogP contribution in [0.4, 0.5) is 0 Å². The molecule has 1 aromatic heterocycles. The van der Waals surface area contributed by atoms with E-state index in [9.17, 15) is 0 Å². The van der Waals surface area contributed by atoms with E-state index >= 15 is 0 Å². The highest BCUT2D eigenvalue weighted by atomic mass is 16.7. The number of ether oxygens (including phenoxy) is 2. The molecular formula is C23H19NO2. The van der Waals surface area contributed by atoms with Crippen LogP contribution in [0.2, 0.25) is 0 Å². The summed E-state index contributed by atoms with van der Waals surface area (Å²) in [6.45, 7) is 3.71. The first kappa shape index (κ1) is 16.2. The molecule has 0 aliphatic carbocycles. The number of allylic oxidation sites excluding steroid dienone is 1. The van der Waals surface area contributed by atoms with Crippen molar-refractivity contribution >= 4 is 10.8 Å². The third-order valence-electron chi connectivity index (χ3n) is 4.22. The summed E-state index contributed by atoms with van der Waals surface area (Å²) in [6.07, 6.45) is 4.23. The predicted octanol–water partition coefficient (Wildman–Crippen LogP) is 4.80. The van der Waals surface area contributed by atoms with Crippen molar-refractivity contribution in [3.8, 4) is 11.8 Å². The van der Waals surface area contributed by atoms with Crippen LogP contribution in [0.5, 0.6) is 0 Å². The van der Waals surface area contributed by atoms with Crippen LogP contribution < -0.4 is 0 Å². The van der Waals surface area contributed by atoms with E-state index in [-0.39, 0.29) is 0 Å². The number of aromatic nitrogens is 1. The van der Waals surface area contributed by atoms with Gasteiger partial charge in [0.1, 0.15) is 6.26 Å². The van der Waals surface area contributed by atoms with Gasteiger partial charge in [0.25, 0.3) is 0 Å². The van der Waals surface area contributed by atoms with Gasteiger partial charge < -0.3 is 9.47 Å². The average Bonchev–Trinajstić information content (AvgIpc) is 3.00. The van der Waals surface area contributed by atoms with Crippen LogP contribution in [-0.4, -0.2) is 10.8 Å². The number of fused-ring (bicyclic) bond motifs is 1. The van der Waals surface area contributed by atoms with Gasteiger partial charge in [-0.1, -0.05) is 42.3 Å². The van der Waals surface area contributed by atoms with Crippen molar-refractivity contribution in [2.45, 2.75) is 26.1 Å². The highest BCUT2D eigenvalue weighted by Gasteiger charge is 2.26. The normalized spacial score (nSPS) is 14.8. The lowest BCUT2D eigenvalue weighted by atomic mass is 10.0. The third kappa shape index (κ3) is 3.55. The minimum Gasteiger partial charge on any atom is -0.456 e. The van der Waals surface area contributed by atoms with Crippen LogP contribution >= 0.6 is 0 Å². The van der Waals surface area contributed by atoms with Crippen molar-refractivity contribution < 1.29 is 9.47 Å². The van der Waals surface area contributed by atoms with Crippen LogP contribution in [0.25, 0.3) is 10.8 Å². The van der Waals surface area contributed by atoms with Gasteiger partial charge in [-0.3, -0.25) is 4.98 Å². The monoisotopic (exact) mass is 341 g/mol. The molecule has 0 N–H and O–H groups in total. The zero-order chi connectivity index (χ0) is 18.0. The first-order valence-corrected chi connectivity index (χ1v) is 8.60. The van der Waals surface area contributed by atoms with Crippen LogP contribution in [-0.2, 0) is 15.9 Å². The molecule has 3 heteroatoms. The molecule has 128 valence electrons. The Hall–Kier alpha value is -3.25. The summed E-state index contributed by atoms with van der Waals surface area (Å²) in [5, 5.41) is 2.42. The molecule has 0 radical (unpaired) electrons. The largest absolute Gasteiger partial charge is 0.456 e. The lowest BCUT2D eigenvalue weighted by Gasteiger charge is -2.16. The Labute approximate surface area is 153 Å². The molecule has 2 heterocycles. The fraction of sp³-hybridized carbons (Fsp3) is 0.174. The number of hydrogen-bond donors (Lipinski definition) is 0. The van der Waals surface area contributed by atoms with Crippen molar-refractivity contribution in [3.63, 3.8) is 0 Å². The molecule has 2 aromatic carbocycles. The van der Waals surface area contributed by atoms with E-state index < -0.39 is 5.79 Å². The number of benzene rings is 2. The molecule has 1 aliphatic rings. The quantitative estimate of drug-likeness (QED) is 0.627. The minimum atomic E-state index is -0.626. The van der Waals surface area contributed by atoms with Gasteiger partial charge in [0, 0.05) is 37.4 Å². The van der Waals surface area contributed by atoms with E-state index in [0.29, 0.717) is 5.76 Å². The highest BCUT2D eigenvalue weighted by molar-refractivity contribution is 5.84. The standard InChI is InChI=1S/C23H19NO2/c1-23(2)25-16-20(26-23)12-11-17-7-9-18(10-8-17)15-22-21-6-4-3-5-19(21)13-14-24-22/h3-10,13-14,16H,15H2,1-2H3. The van der Waals surface area contributed by atoms with Gasteiger partial charge in [-0.25, -0.2) is 0 Å². The number of nitrogens with zero attached hydrogens (tertiary/aromatic N) is 1. The van der Waals surface area contributed by atoms with Crippen molar-refractivity contribution in [1.29, 1.82) is 0 Å². The van der Waals surface area contributed by atoms with E-state index in [4.69, 9.17) is 9.47 Å². The first-order chi connectivity index (χ1) is 12.6. The molecule has 0 atom stereocenters. The average molecular weight is 341 g/mol. The first-order valence-electron chi connectivity index (χ1n) is 8.60. The van der Waals surface area contributed by atoms with Gasteiger partial charge in [0.15, 0.2) is 0 Å². The molecule has 4 rings (SSSR count). The smallest absolute Gasteiger partial charge is 0.246 e. The number of pyridine rings is 1. The number of hydrogen-bond acceptors (Lipinski definition) is 3. The maximum Gasteiger partial charge on any atom is 0.246 e. The molecule has 0 fully saturated rings. The van der Waals surface area contributed by atoms with Gasteiger partial charge in [-0.2, -0.15) is 0 Å². The van der Waals surface area contributed by atoms with Crippen molar-refractivity contribution in [3.05, 3.63) is 89.6 Å². The summed E-state index contributed by atoms with van der Waals surface area (Å²) in [7, 11) is 0. The molecule has 1 aliphatic heterocycles. The van der Waals surface area contributed by atoms with Crippen LogP contribution in [0, 0.1) is 11.8 Å². The summed E-state index contributed by atoms with van der Waals surface area (Å²) in [5.41, 5.74) is 3.24. The van der Waals surface area contributed by atoms with Gasteiger partial charge in [0.05, 0.1) is 5.69 Å². The second kappa shape index (κ2) is 6.57. The molecule has 0 saturated carbocycles. The van der Waals surface area contributed by atoms with Gasteiger partial charge >= 0.3 is 0 Å². The maximum atomic E-state index is 5.57. The summed E-state index contributed by atoms with van der Waals surface area (Å²) in [4.78, 5) is 4.56. The Morgan fingerprint density at radius 3 is 2.54 bits per heavy atom. The van der Waals surface area contributed by atoms with E-state index in [0.717, 1.165) is 17.7 Å². The highest BCUT2D eigenvalue weighted by Crippen LogP contribution is 2.23. The fourth-order valence-electron chi connectivity index (χ4n) is 2.92. The molecular weight excluding hydrogens is 322 g/mol. The molecule has 0 saturated heterocycles. The Balaban J connectivity index is 1.50. The molecule has 3 aromatic rings. The van der Waals surface area contributed by atoms with Gasteiger partial charge in [0.2, 0.25) is 11.5 Å². The second-order valence-corrected chi connectivity index (χ2v) is 6.70. The summed E-state index contributed by atoms with van der Waals surface area (Å²) >= 11 is 0. The maximum absolute atomic E-state index is 5.57. The number of rotatable bonds is 2. The van der Waals surface area contributed by atoms with Gasteiger partial charge in [-0.05, 0) is 35.1 Å². The van der Waals surface area contributed by atoms with E-state index in [1.165, 1.54) is 16.3 Å². The predicted molar refractivity (Wildman–Crippen MR) is 102 cm³/mol. The van der Waals surface area contributed by atoms with Crippen LogP contribution in [0.1, 0.15) is 30.7 Å². The Morgan fingerprint density at radius 1 is 0.962 bits per heavy atom. The zero-order valence-electron chi connectivity index (χ0n) is 14.8. The van der Waals surface area contributed by atoms with Crippen LogP contribution in [0.3, 0.4) is 0 Å². The molecule has 0 unspecified atom stereocenters. The molecule has 0 spiro atoms. The molecule has 26 heavy (non-hydrogen) atoms. The minimum absolute atomic E-state index is 0.555. The Morgan fingerprint density at radius 2 is 1.77 bits per heavy atom. The van der Waals surface area contributed by atoms with Crippen LogP contribution in [0.15, 0.2) is 72.8 Å². The van der Waals surface area contributed by atoms with Crippen molar-refractivity contribution in [2.24, 2.45) is 0 Å². The van der Waals surface area contributed by atoms with E-state index in [1.807, 2.05) is 38.2 Å². The van der Waals surface area contributed by atoms with E-state index in [2.05, 4.69) is 53.2 Å². The van der Waals surface area contributed by atoms with Crippen molar-refractivity contribution in [1.82, 2.24) is 4.98 Å². The summed E-state index contributed by atoms with van der Waals surface area (Å²) < 4.78 is 10.9. The SMILES string of the molecule is CC1(C)OC=C(C#Cc2ccc(Cc3nccc4ccccc34)cc2)O1. The summed E-state index contributed by atoms with van der Waals surface area (Å²) in [5.74, 6) is 6.03. The fourth-order valence-corrected chi connectivity index (χ4v) is 2.92. The Kier molecular flexibility index (Phi) is 4.10. The Bertz CT molecular complexity index is 1030. The topological polar surface area (TPSA) is 31.4 Å². The third-order valence-corrected chi connectivity index (χ3v) is 4.22. The second-order valence-electron chi connectivity index (χ2n) is 6.70. The molecule has 0 amide bonds. The molecule has 3 nitrogen and oxygen atoms in total. The summed E-state index contributed by atoms with van der Waals surface area (Å²) in [6, 6.07) is 18.6. The lowest BCUT2D eigenvalue weighted by Crippen LogP contribution is -2.19. The molecule has 0 bridgehead atoms. The van der Waals surface area contributed by atoms with E-state index in [1.54, 1.807) is 6.26 Å². The van der Waals surface area contributed by atoms with Crippen molar-refractivity contribution in [2.75, 3.05) is 0 Å². The lowest BCUT2D eigenvalue weighted by molar-refractivity contribution is -0.113.